The molecule has 0 radical (unpaired) electrons. The van der Waals surface area contributed by atoms with Crippen molar-refractivity contribution in [3.05, 3.63) is 11.3 Å². The van der Waals surface area contributed by atoms with Crippen molar-refractivity contribution < 1.29 is 9.84 Å². The molecule has 1 aromatic rings. The molecule has 4 nitrogen and oxygen atoms in total. The first-order chi connectivity index (χ1) is 8.19. The summed E-state index contributed by atoms with van der Waals surface area (Å²) in [7, 11) is 1.66. The maximum absolute atomic E-state index is 9.50. The number of ether oxygens (including phenoxy) is 1. The van der Waals surface area contributed by atoms with Gasteiger partial charge in [0, 0.05) is 0 Å². The number of aliphatic hydroxyl groups excluding tert-OH is 1. The van der Waals surface area contributed by atoms with Gasteiger partial charge in [0.15, 0.2) is 0 Å². The van der Waals surface area contributed by atoms with E-state index < -0.39 is 0 Å². The zero-order valence-corrected chi connectivity index (χ0v) is 10.9. The Balaban J connectivity index is 2.43. The molecule has 0 unspecified atom stereocenters. The highest BCUT2D eigenvalue weighted by Gasteiger charge is 2.26. The van der Waals surface area contributed by atoms with Crippen LogP contribution in [0.2, 0.25) is 0 Å². The quantitative estimate of drug-likeness (QED) is 0.877. The third-order valence-electron chi connectivity index (χ3n) is 3.56. The van der Waals surface area contributed by atoms with Crippen molar-refractivity contribution in [3.63, 3.8) is 0 Å². The Kier molecular flexibility index (Phi) is 3.72. The maximum atomic E-state index is 9.50. The van der Waals surface area contributed by atoms with Gasteiger partial charge in [-0.1, -0.05) is 26.7 Å². The van der Waals surface area contributed by atoms with Gasteiger partial charge in [0.1, 0.15) is 0 Å². The molecule has 0 spiro atoms. The SMILES string of the molecule is COc1c(CO)c(C(C)C)nn1C1CCCC1. The molecule has 0 amide bonds. The van der Waals surface area contributed by atoms with Gasteiger partial charge in [-0.15, -0.1) is 0 Å². The smallest absolute Gasteiger partial charge is 0.217 e. The fourth-order valence-electron chi connectivity index (χ4n) is 2.70. The monoisotopic (exact) mass is 238 g/mol. The molecule has 2 rings (SSSR count). The Hall–Kier alpha value is -1.03. The zero-order valence-electron chi connectivity index (χ0n) is 10.9. The summed E-state index contributed by atoms with van der Waals surface area (Å²) in [6.07, 6.45) is 4.86. The molecule has 1 aliphatic rings. The molecule has 0 saturated heterocycles. The van der Waals surface area contributed by atoms with Crippen LogP contribution in [0.15, 0.2) is 0 Å². The van der Waals surface area contributed by atoms with E-state index in [4.69, 9.17) is 4.74 Å². The maximum Gasteiger partial charge on any atom is 0.217 e. The predicted molar refractivity (Wildman–Crippen MR) is 66.3 cm³/mol. The van der Waals surface area contributed by atoms with Crippen LogP contribution in [0.3, 0.4) is 0 Å². The minimum atomic E-state index is 0.00338. The Labute approximate surface area is 103 Å². The van der Waals surface area contributed by atoms with Crippen molar-refractivity contribution in [1.82, 2.24) is 9.78 Å². The highest BCUT2D eigenvalue weighted by molar-refractivity contribution is 5.33. The Morgan fingerprint density at radius 1 is 1.41 bits per heavy atom. The number of aliphatic hydroxyl groups is 1. The van der Waals surface area contributed by atoms with E-state index in [1.165, 1.54) is 25.7 Å². The molecule has 0 aliphatic heterocycles. The Morgan fingerprint density at radius 2 is 2.06 bits per heavy atom. The number of nitrogens with zero attached hydrogens (tertiary/aromatic N) is 2. The summed E-state index contributed by atoms with van der Waals surface area (Å²) in [5.41, 5.74) is 1.82. The minimum Gasteiger partial charge on any atom is -0.481 e. The second-order valence-electron chi connectivity index (χ2n) is 5.07. The second kappa shape index (κ2) is 5.08. The molecule has 96 valence electrons. The predicted octanol–water partition coefficient (Wildman–Crippen LogP) is 2.62. The topological polar surface area (TPSA) is 47.3 Å². The molecule has 4 heteroatoms. The third kappa shape index (κ3) is 2.18. The van der Waals surface area contributed by atoms with E-state index in [1.807, 2.05) is 4.68 Å². The van der Waals surface area contributed by atoms with Gasteiger partial charge in [-0.05, 0) is 18.8 Å². The highest BCUT2D eigenvalue weighted by Crippen LogP contribution is 2.36. The van der Waals surface area contributed by atoms with E-state index >= 15 is 0 Å². The number of methoxy groups -OCH3 is 1. The van der Waals surface area contributed by atoms with Crippen LogP contribution in [0.5, 0.6) is 5.88 Å². The van der Waals surface area contributed by atoms with Crippen LogP contribution in [0.1, 0.15) is 62.7 Å². The summed E-state index contributed by atoms with van der Waals surface area (Å²) in [5.74, 6) is 1.07. The lowest BCUT2D eigenvalue weighted by Crippen LogP contribution is -2.09. The van der Waals surface area contributed by atoms with Crippen LogP contribution < -0.4 is 4.74 Å². The average Bonchev–Trinajstić information content (AvgIpc) is 2.94. The molecule has 0 aromatic carbocycles. The van der Waals surface area contributed by atoms with E-state index in [0.717, 1.165) is 17.1 Å². The van der Waals surface area contributed by atoms with Crippen molar-refractivity contribution in [2.45, 2.75) is 58.1 Å². The molecule has 1 heterocycles. The molecular formula is C13H22N2O2. The molecule has 1 saturated carbocycles. The number of hydrogen-bond acceptors (Lipinski definition) is 3. The summed E-state index contributed by atoms with van der Waals surface area (Å²) in [4.78, 5) is 0. The first-order valence-electron chi connectivity index (χ1n) is 6.45. The standard InChI is InChI=1S/C13H22N2O2/c1-9(2)12-11(8-16)13(17-3)15(14-12)10-6-4-5-7-10/h9-10,16H,4-8H2,1-3H3. The minimum absolute atomic E-state index is 0.00338. The lowest BCUT2D eigenvalue weighted by molar-refractivity contribution is 0.266. The first kappa shape index (κ1) is 12.4. The zero-order chi connectivity index (χ0) is 12.4. The van der Waals surface area contributed by atoms with Gasteiger partial charge in [-0.2, -0.15) is 5.10 Å². The van der Waals surface area contributed by atoms with Crippen LogP contribution in [0.25, 0.3) is 0 Å². The second-order valence-corrected chi connectivity index (χ2v) is 5.07. The molecule has 0 atom stereocenters. The van der Waals surface area contributed by atoms with E-state index in [2.05, 4.69) is 18.9 Å². The van der Waals surface area contributed by atoms with E-state index in [1.54, 1.807) is 7.11 Å². The van der Waals surface area contributed by atoms with Crippen LogP contribution in [0.4, 0.5) is 0 Å². The van der Waals surface area contributed by atoms with Crippen LogP contribution in [-0.2, 0) is 6.61 Å². The molecule has 1 aliphatic carbocycles. The number of hydrogen-bond donors (Lipinski definition) is 1. The van der Waals surface area contributed by atoms with Crippen LogP contribution in [0, 0.1) is 0 Å². The molecular weight excluding hydrogens is 216 g/mol. The highest BCUT2D eigenvalue weighted by atomic mass is 16.5. The van der Waals surface area contributed by atoms with Gasteiger partial charge in [0.2, 0.25) is 5.88 Å². The average molecular weight is 238 g/mol. The van der Waals surface area contributed by atoms with E-state index in [0.29, 0.717) is 12.0 Å². The molecule has 1 N–H and O–H groups in total. The van der Waals surface area contributed by atoms with Crippen molar-refractivity contribution in [2.24, 2.45) is 0 Å². The van der Waals surface area contributed by atoms with Gasteiger partial charge < -0.3 is 9.84 Å². The van der Waals surface area contributed by atoms with Gasteiger partial charge in [-0.25, -0.2) is 4.68 Å². The van der Waals surface area contributed by atoms with Gasteiger partial charge in [-0.3, -0.25) is 0 Å². The lowest BCUT2D eigenvalue weighted by atomic mass is 10.1. The fraction of sp³-hybridized carbons (Fsp3) is 0.769. The molecule has 1 fully saturated rings. The lowest BCUT2D eigenvalue weighted by Gasteiger charge is -2.13. The van der Waals surface area contributed by atoms with Crippen molar-refractivity contribution >= 4 is 0 Å². The fourth-order valence-corrected chi connectivity index (χ4v) is 2.70. The van der Waals surface area contributed by atoms with Gasteiger partial charge >= 0.3 is 0 Å². The van der Waals surface area contributed by atoms with E-state index in [9.17, 15) is 5.11 Å². The molecule has 0 bridgehead atoms. The molecule has 1 aromatic heterocycles. The van der Waals surface area contributed by atoms with Crippen molar-refractivity contribution in [1.29, 1.82) is 0 Å². The summed E-state index contributed by atoms with van der Waals surface area (Å²) >= 11 is 0. The van der Waals surface area contributed by atoms with Crippen LogP contribution in [-0.4, -0.2) is 22.0 Å². The van der Waals surface area contributed by atoms with Gasteiger partial charge in [0.05, 0.1) is 31.0 Å². The van der Waals surface area contributed by atoms with Crippen molar-refractivity contribution in [3.8, 4) is 5.88 Å². The molecule has 17 heavy (non-hydrogen) atoms. The van der Waals surface area contributed by atoms with Crippen LogP contribution >= 0.6 is 0 Å². The third-order valence-corrected chi connectivity index (χ3v) is 3.56. The summed E-state index contributed by atoms with van der Waals surface area (Å²) in [6.45, 7) is 4.20. The Bertz CT molecular complexity index is 379. The Morgan fingerprint density at radius 3 is 2.53 bits per heavy atom. The first-order valence-corrected chi connectivity index (χ1v) is 6.45. The summed E-state index contributed by atoms with van der Waals surface area (Å²) < 4.78 is 7.44. The summed E-state index contributed by atoms with van der Waals surface area (Å²) in [6, 6.07) is 0.447. The van der Waals surface area contributed by atoms with Crippen molar-refractivity contribution in [2.75, 3.05) is 7.11 Å². The van der Waals surface area contributed by atoms with Gasteiger partial charge in [0.25, 0.3) is 0 Å². The van der Waals surface area contributed by atoms with E-state index in [-0.39, 0.29) is 6.61 Å². The summed E-state index contributed by atoms with van der Waals surface area (Å²) in [5, 5.41) is 14.2. The normalized spacial score (nSPS) is 17.0. The number of rotatable bonds is 4. The largest absolute Gasteiger partial charge is 0.481 e. The number of aromatic nitrogens is 2.